The molecule has 2 saturated carbocycles. The number of nitrogen functional groups attached to an aromatic ring is 1. The van der Waals surface area contributed by atoms with Crippen LogP contribution in [0.1, 0.15) is 127 Å². The molecule has 2 aliphatic heterocycles. The van der Waals surface area contributed by atoms with E-state index >= 15 is 0 Å². The molecule has 4 N–H and O–H groups in total. The van der Waals surface area contributed by atoms with E-state index in [2.05, 4.69) is 29.7 Å². The number of unbranched alkanes of at least 4 members (excludes halogenated alkanes) is 1. The van der Waals surface area contributed by atoms with Crippen molar-refractivity contribution in [2.24, 2.45) is 11.8 Å². The van der Waals surface area contributed by atoms with Gasteiger partial charge in [-0.1, -0.05) is 95.4 Å². The van der Waals surface area contributed by atoms with Crippen LogP contribution in [0, 0.1) is 18.8 Å². The van der Waals surface area contributed by atoms with Crippen LogP contribution in [0.4, 0.5) is 32.3 Å². The first kappa shape index (κ1) is 51.7. The normalized spacial score (nSPS) is 17.0. The second kappa shape index (κ2) is 28.0. The third-order valence-electron chi connectivity index (χ3n) is 13.7. The molecule has 12 nitrogen and oxygen atoms in total. The highest BCUT2D eigenvalue weighted by Gasteiger charge is 2.25. The zero-order valence-electron chi connectivity index (χ0n) is 40.9. The molecule has 3 aromatic rings. The summed E-state index contributed by atoms with van der Waals surface area (Å²) in [7, 11) is 3.98. The van der Waals surface area contributed by atoms with Gasteiger partial charge in [-0.05, 0) is 117 Å². The minimum atomic E-state index is -0.0853. The van der Waals surface area contributed by atoms with Crippen LogP contribution in [-0.4, -0.2) is 110 Å². The minimum Gasteiger partial charge on any atom is -0.399 e. The maximum atomic E-state index is 12.7. The number of amides is 6. The Hall–Kier alpha value is -5.26. The summed E-state index contributed by atoms with van der Waals surface area (Å²) in [6, 6.07) is 23.6. The highest BCUT2D eigenvalue weighted by Crippen LogP contribution is 2.29. The van der Waals surface area contributed by atoms with E-state index in [0.717, 1.165) is 79.8 Å². The molecule has 4 aliphatic rings. The molecule has 2 saturated heterocycles. The lowest BCUT2D eigenvalue weighted by Gasteiger charge is -2.24. The van der Waals surface area contributed by atoms with Crippen molar-refractivity contribution in [1.82, 2.24) is 19.6 Å². The first-order valence-corrected chi connectivity index (χ1v) is 25.3. The van der Waals surface area contributed by atoms with E-state index in [4.69, 9.17) is 5.73 Å². The molecular weight excluding hydrogens is 825 g/mol. The predicted molar refractivity (Wildman–Crippen MR) is 272 cm³/mol. The molecule has 0 unspecified atom stereocenters. The number of carbonyl (C=O) groups excluding carboxylic acids is 4. The Balaban J connectivity index is 0.000000212. The summed E-state index contributed by atoms with van der Waals surface area (Å²) in [5.41, 5.74) is 11.6. The average molecular weight is 907 g/mol. The molecule has 66 heavy (non-hydrogen) atoms. The Morgan fingerprint density at radius 3 is 1.48 bits per heavy atom. The number of urea groups is 2. The third kappa shape index (κ3) is 18.2. The second-order valence-corrected chi connectivity index (χ2v) is 19.2. The maximum Gasteiger partial charge on any atom is 0.321 e. The predicted octanol–water partition coefficient (Wildman–Crippen LogP) is 10.8. The molecule has 2 aliphatic carbocycles. The smallest absolute Gasteiger partial charge is 0.321 e. The summed E-state index contributed by atoms with van der Waals surface area (Å²) in [5.74, 6) is 2.02. The lowest BCUT2D eigenvalue weighted by atomic mass is 9.86. The van der Waals surface area contributed by atoms with Crippen molar-refractivity contribution in [3.05, 3.63) is 83.9 Å². The van der Waals surface area contributed by atoms with Crippen LogP contribution in [0.25, 0.3) is 0 Å². The van der Waals surface area contributed by atoms with Gasteiger partial charge in [-0.3, -0.25) is 9.59 Å². The topological polar surface area (TPSA) is 135 Å². The Morgan fingerprint density at radius 2 is 1.05 bits per heavy atom. The van der Waals surface area contributed by atoms with E-state index in [9.17, 15) is 19.2 Å². The molecule has 0 radical (unpaired) electrons. The summed E-state index contributed by atoms with van der Waals surface area (Å²) in [6.07, 6.45) is 20.4. The Bertz CT molecular complexity index is 1890. The Morgan fingerprint density at radius 1 is 0.591 bits per heavy atom. The number of nitrogens with one attached hydrogen (secondary N) is 2. The number of nitrogens with two attached hydrogens (primary N) is 1. The molecular formula is C54H82N8O4. The van der Waals surface area contributed by atoms with Crippen molar-refractivity contribution < 1.29 is 19.2 Å². The number of nitrogens with zero attached hydrogens (tertiary/aromatic N) is 5. The van der Waals surface area contributed by atoms with Gasteiger partial charge in [0.1, 0.15) is 0 Å². The number of anilines is 4. The van der Waals surface area contributed by atoms with Gasteiger partial charge in [0.15, 0.2) is 0 Å². The monoisotopic (exact) mass is 907 g/mol. The van der Waals surface area contributed by atoms with Gasteiger partial charge in [0, 0.05) is 102 Å². The lowest BCUT2D eigenvalue weighted by Crippen LogP contribution is -2.39. The van der Waals surface area contributed by atoms with Crippen molar-refractivity contribution in [3.63, 3.8) is 0 Å². The van der Waals surface area contributed by atoms with Crippen molar-refractivity contribution in [3.8, 4) is 0 Å². The van der Waals surface area contributed by atoms with Crippen molar-refractivity contribution in [1.29, 1.82) is 0 Å². The summed E-state index contributed by atoms with van der Waals surface area (Å²) >= 11 is 0. The average Bonchev–Trinajstić information content (AvgIpc) is 3.55. The van der Waals surface area contributed by atoms with Crippen LogP contribution in [0.15, 0.2) is 72.8 Å². The van der Waals surface area contributed by atoms with Gasteiger partial charge in [0.25, 0.3) is 0 Å². The number of carbonyl (C=O) groups is 4. The molecule has 12 heteroatoms. The van der Waals surface area contributed by atoms with E-state index in [1.165, 1.54) is 81.8 Å². The van der Waals surface area contributed by atoms with Crippen LogP contribution >= 0.6 is 0 Å². The first-order valence-electron chi connectivity index (χ1n) is 25.3. The summed E-state index contributed by atoms with van der Waals surface area (Å²) in [6.45, 7) is 9.61. The number of aryl methyl sites for hydroxylation is 2. The summed E-state index contributed by atoms with van der Waals surface area (Å²) in [5, 5.41) is 6.00. The van der Waals surface area contributed by atoms with Crippen LogP contribution in [0.3, 0.4) is 0 Å². The third-order valence-corrected chi connectivity index (χ3v) is 13.7. The molecule has 4 fully saturated rings. The quantitative estimate of drug-likeness (QED) is 0.155. The van der Waals surface area contributed by atoms with Gasteiger partial charge in [-0.15, -0.1) is 0 Å². The highest BCUT2D eigenvalue weighted by atomic mass is 16.2. The van der Waals surface area contributed by atoms with Crippen molar-refractivity contribution >= 4 is 46.6 Å². The van der Waals surface area contributed by atoms with Crippen LogP contribution in [0.5, 0.6) is 0 Å². The number of hydrogen-bond donors (Lipinski definition) is 3. The van der Waals surface area contributed by atoms with E-state index in [-0.39, 0.29) is 23.9 Å². The molecule has 0 atom stereocenters. The lowest BCUT2D eigenvalue weighted by molar-refractivity contribution is -0.132. The van der Waals surface area contributed by atoms with E-state index < -0.39 is 0 Å². The zero-order valence-corrected chi connectivity index (χ0v) is 40.9. The largest absolute Gasteiger partial charge is 0.399 e. The van der Waals surface area contributed by atoms with E-state index in [1.54, 1.807) is 0 Å². The van der Waals surface area contributed by atoms with Crippen LogP contribution < -0.4 is 21.3 Å². The fourth-order valence-corrected chi connectivity index (χ4v) is 9.54. The first-order chi connectivity index (χ1) is 32.0. The number of hydrogen-bond acceptors (Lipinski definition) is 6. The summed E-state index contributed by atoms with van der Waals surface area (Å²) < 4.78 is 0. The van der Waals surface area contributed by atoms with Crippen LogP contribution in [0.2, 0.25) is 0 Å². The van der Waals surface area contributed by atoms with Gasteiger partial charge >= 0.3 is 12.1 Å². The fourth-order valence-electron chi connectivity index (χ4n) is 9.54. The van der Waals surface area contributed by atoms with Crippen LogP contribution in [-0.2, 0) is 16.0 Å². The Kier molecular flexibility index (Phi) is 22.0. The van der Waals surface area contributed by atoms with Gasteiger partial charge in [0.05, 0.1) is 0 Å². The van der Waals surface area contributed by atoms with Crippen molar-refractivity contribution in [2.45, 2.75) is 129 Å². The standard InChI is InChI=1S/C25H39N3O2.C22H34N4O2.C7H9N/c1-2-3-8-22-11-14-23(15-12-22)26-25(30)28-18-7-17-27(19-20-28)24(29)16-13-21-9-5-4-6-10-21;1-24(2)20-11-9-19(10-12-20)23-22(28)26-15-5-14-25(16-17-26)21(27)13-8-18-6-3-4-7-18;1-6-3-2-4-7(8)5-6/h11-12,14-15,21H,2-10,13,16-20H2,1H3,(H,26,30);9-12,18H,3-8,13-17H2,1-2H3,(H,23,28);2-5H,8H2,1H3. The molecule has 6 amide bonds. The second-order valence-electron chi connectivity index (χ2n) is 19.2. The van der Waals surface area contributed by atoms with Gasteiger partial charge in [-0.25, -0.2) is 9.59 Å². The van der Waals surface area contributed by atoms with Gasteiger partial charge in [-0.2, -0.15) is 0 Å². The molecule has 0 aromatic heterocycles. The van der Waals surface area contributed by atoms with E-state index in [1.807, 2.05) is 106 Å². The molecule has 3 aromatic carbocycles. The molecule has 362 valence electrons. The molecule has 0 bridgehead atoms. The fraction of sp³-hybridized carbons (Fsp3) is 0.593. The highest BCUT2D eigenvalue weighted by molar-refractivity contribution is 5.90. The van der Waals surface area contributed by atoms with Crippen molar-refractivity contribution in [2.75, 3.05) is 87.7 Å². The Labute approximate surface area is 397 Å². The zero-order chi connectivity index (χ0) is 47.1. The van der Waals surface area contributed by atoms with Gasteiger partial charge < -0.3 is 40.9 Å². The SMILES string of the molecule is CCCCc1ccc(NC(=O)N2CCCN(C(=O)CCC3CCCCC3)CC2)cc1.CN(C)c1ccc(NC(=O)N2CCCN(C(=O)CCC3CCCC3)CC2)cc1.Cc1cccc(N)c1. The molecule has 0 spiro atoms. The number of rotatable bonds is 12. The van der Waals surface area contributed by atoms with E-state index in [0.29, 0.717) is 52.1 Å². The number of benzene rings is 3. The molecule has 7 rings (SSSR count). The summed E-state index contributed by atoms with van der Waals surface area (Å²) in [4.78, 5) is 60.2. The maximum absolute atomic E-state index is 12.7. The molecule has 2 heterocycles. The van der Waals surface area contributed by atoms with Gasteiger partial charge in [0.2, 0.25) is 11.8 Å². The minimum absolute atomic E-state index is 0.0622.